The van der Waals surface area contributed by atoms with Crippen LogP contribution in [0.5, 0.6) is 5.88 Å². The molecule has 1 aliphatic carbocycles. The van der Waals surface area contributed by atoms with Gasteiger partial charge in [-0.15, -0.1) is 0 Å². The summed E-state index contributed by atoms with van der Waals surface area (Å²) in [6, 6.07) is 12.7. The summed E-state index contributed by atoms with van der Waals surface area (Å²) in [7, 11) is -2.44. The van der Waals surface area contributed by atoms with Crippen molar-refractivity contribution < 1.29 is 17.9 Å². The van der Waals surface area contributed by atoms with Crippen LogP contribution in [0.4, 0.5) is 5.95 Å². The van der Waals surface area contributed by atoms with Gasteiger partial charge in [-0.1, -0.05) is 17.7 Å². The maximum Gasteiger partial charge on any atom is 0.269 e. The van der Waals surface area contributed by atoms with E-state index in [4.69, 9.17) is 14.5 Å². The Balaban J connectivity index is 1.44. The van der Waals surface area contributed by atoms with Gasteiger partial charge in [0, 0.05) is 42.0 Å². The molecule has 1 N–H and O–H groups in total. The smallest absolute Gasteiger partial charge is 0.269 e. The summed E-state index contributed by atoms with van der Waals surface area (Å²) in [5, 5.41) is 8.16. The average molecular weight is 517 g/mol. The average Bonchev–Trinajstić information content (AvgIpc) is 3.38. The first-order valence-corrected chi connectivity index (χ1v) is 13.5. The number of anilines is 1. The van der Waals surface area contributed by atoms with E-state index < -0.39 is 10.0 Å². The van der Waals surface area contributed by atoms with Crippen molar-refractivity contribution >= 4 is 32.5 Å². The van der Waals surface area contributed by atoms with E-state index in [9.17, 15) is 8.42 Å². The van der Waals surface area contributed by atoms with Gasteiger partial charge >= 0.3 is 0 Å². The third-order valence-electron chi connectivity index (χ3n) is 7.31. The van der Waals surface area contributed by atoms with Crippen molar-refractivity contribution in [1.29, 1.82) is 0 Å². The van der Waals surface area contributed by atoms with Gasteiger partial charge in [0.25, 0.3) is 10.0 Å². The van der Waals surface area contributed by atoms with Crippen LogP contribution in [-0.2, 0) is 14.8 Å². The van der Waals surface area contributed by atoms with Crippen LogP contribution >= 0.6 is 0 Å². The number of pyridine rings is 1. The third kappa shape index (κ3) is 3.49. The van der Waals surface area contributed by atoms with Gasteiger partial charge in [0.2, 0.25) is 11.8 Å². The molecule has 0 spiro atoms. The molecule has 10 nitrogen and oxygen atoms in total. The first kappa shape index (κ1) is 22.3. The molecule has 2 aliphatic rings. The fourth-order valence-corrected chi connectivity index (χ4v) is 6.51. The number of methoxy groups -OCH3 is 1. The molecule has 37 heavy (non-hydrogen) atoms. The second kappa shape index (κ2) is 8.02. The first-order chi connectivity index (χ1) is 17.9. The molecule has 1 aromatic carbocycles. The zero-order valence-electron chi connectivity index (χ0n) is 20.2. The largest absolute Gasteiger partial charge is 0.480 e. The van der Waals surface area contributed by atoms with Crippen LogP contribution in [0.1, 0.15) is 5.56 Å². The maximum absolute atomic E-state index is 13.9. The topological polar surface area (TPSA) is 113 Å². The summed E-state index contributed by atoms with van der Waals surface area (Å²) in [6.07, 6.45) is 5.15. The van der Waals surface area contributed by atoms with Gasteiger partial charge in [0.15, 0.2) is 5.65 Å². The molecule has 5 aromatic rings. The van der Waals surface area contributed by atoms with E-state index in [0.717, 1.165) is 16.6 Å². The molecule has 1 unspecified atom stereocenters. The van der Waals surface area contributed by atoms with Crippen LogP contribution in [0.2, 0.25) is 0 Å². The van der Waals surface area contributed by atoms with Gasteiger partial charge in [0.05, 0.1) is 36.1 Å². The molecule has 0 bridgehead atoms. The minimum absolute atomic E-state index is 0.175. The predicted molar refractivity (Wildman–Crippen MR) is 137 cm³/mol. The normalized spacial score (nSPS) is 20.9. The molecular formula is C26H24N6O4S. The Morgan fingerprint density at radius 3 is 2.62 bits per heavy atom. The number of rotatable bonds is 6. The van der Waals surface area contributed by atoms with E-state index >= 15 is 0 Å². The second-order valence-corrected chi connectivity index (χ2v) is 11.4. The van der Waals surface area contributed by atoms with Crippen molar-refractivity contribution in [2.75, 3.05) is 25.6 Å². The van der Waals surface area contributed by atoms with Gasteiger partial charge in [-0.05, 0) is 42.8 Å². The number of nitrogens with zero attached hydrogens (tertiary/aromatic N) is 5. The summed E-state index contributed by atoms with van der Waals surface area (Å²) in [5.41, 5.74) is 3.54. The highest BCUT2D eigenvalue weighted by molar-refractivity contribution is 7.90. The van der Waals surface area contributed by atoms with Crippen LogP contribution in [-0.4, -0.2) is 58.3 Å². The van der Waals surface area contributed by atoms with Gasteiger partial charge in [-0.25, -0.2) is 16.9 Å². The van der Waals surface area contributed by atoms with Crippen LogP contribution < -0.4 is 10.1 Å². The molecule has 188 valence electrons. The molecule has 0 radical (unpaired) electrons. The van der Waals surface area contributed by atoms with E-state index in [1.807, 2.05) is 31.3 Å². The van der Waals surface area contributed by atoms with E-state index in [1.54, 1.807) is 41.2 Å². The Kier molecular flexibility index (Phi) is 4.82. The van der Waals surface area contributed by atoms with Crippen molar-refractivity contribution in [2.45, 2.75) is 17.9 Å². The summed E-state index contributed by atoms with van der Waals surface area (Å²) in [5.74, 6) is 1.48. The predicted octanol–water partition coefficient (Wildman–Crippen LogP) is 3.36. The lowest BCUT2D eigenvalue weighted by atomic mass is 10.1. The van der Waals surface area contributed by atoms with Crippen LogP contribution in [0.3, 0.4) is 0 Å². The van der Waals surface area contributed by atoms with Gasteiger partial charge in [-0.3, -0.25) is 0 Å². The van der Waals surface area contributed by atoms with Crippen molar-refractivity contribution in [1.82, 2.24) is 23.6 Å². The number of benzene rings is 1. The Morgan fingerprint density at radius 1 is 1.08 bits per heavy atom. The minimum atomic E-state index is -3.97. The van der Waals surface area contributed by atoms with Crippen molar-refractivity contribution in [3.8, 4) is 17.0 Å². The number of aromatic nitrogens is 5. The Bertz CT molecular complexity index is 1770. The standard InChI is InChI=1S/C26H24N6O4S/c1-15-3-5-18(6-4-15)37(33,34)32-12-19(16-8-10-31-17(11-16)7-9-27-31)22-24(32)29-26(30-25(22)35-2)28-23-20-13-36-14-21(20)23/h3-12,20-21,23H,13-14H2,1-2H3,(H,28,29,30)/t20-,21+,23?. The SMILES string of the molecule is COc1nc(NC2[C@H]3COC[C@@H]23)nc2c1c(-c1ccn3nccc3c1)cn2S(=O)(=O)c1ccc(C)cc1. The van der Waals surface area contributed by atoms with Crippen molar-refractivity contribution in [3.05, 3.63) is 66.6 Å². The molecule has 1 aliphatic heterocycles. The molecule has 1 saturated heterocycles. The van der Waals surface area contributed by atoms with E-state index in [2.05, 4.69) is 15.4 Å². The molecule has 7 rings (SSSR count). The fraction of sp³-hybridized carbons (Fsp3) is 0.269. The minimum Gasteiger partial charge on any atom is -0.480 e. The number of aryl methyl sites for hydroxylation is 1. The van der Waals surface area contributed by atoms with Gasteiger partial charge in [-0.2, -0.15) is 15.1 Å². The third-order valence-corrected chi connectivity index (χ3v) is 8.97. The Labute approximate surface area is 212 Å². The van der Waals surface area contributed by atoms with Crippen LogP contribution in [0.25, 0.3) is 27.7 Å². The Morgan fingerprint density at radius 2 is 1.86 bits per heavy atom. The van der Waals surface area contributed by atoms with Gasteiger partial charge < -0.3 is 14.8 Å². The zero-order chi connectivity index (χ0) is 25.3. The van der Waals surface area contributed by atoms with E-state index in [0.29, 0.717) is 47.8 Å². The summed E-state index contributed by atoms with van der Waals surface area (Å²) < 4.78 is 42.0. The first-order valence-electron chi connectivity index (χ1n) is 12.0. The molecule has 2 fully saturated rings. The Hall–Kier alpha value is -3.96. The fourth-order valence-electron chi connectivity index (χ4n) is 5.20. The zero-order valence-corrected chi connectivity index (χ0v) is 21.0. The molecule has 3 atom stereocenters. The summed E-state index contributed by atoms with van der Waals surface area (Å²) in [6.45, 7) is 3.34. The monoisotopic (exact) mass is 516 g/mol. The molecular weight excluding hydrogens is 492 g/mol. The van der Waals surface area contributed by atoms with Gasteiger partial charge in [0.1, 0.15) is 0 Å². The summed E-state index contributed by atoms with van der Waals surface area (Å²) >= 11 is 0. The molecule has 5 heterocycles. The highest BCUT2D eigenvalue weighted by atomic mass is 32.2. The highest BCUT2D eigenvalue weighted by Gasteiger charge is 2.54. The molecule has 0 amide bonds. The maximum atomic E-state index is 13.9. The molecule has 1 saturated carbocycles. The lowest BCUT2D eigenvalue weighted by Gasteiger charge is -2.11. The quantitative estimate of drug-likeness (QED) is 0.366. The molecule has 11 heteroatoms. The van der Waals surface area contributed by atoms with Crippen molar-refractivity contribution in [2.24, 2.45) is 11.8 Å². The number of hydrogen-bond acceptors (Lipinski definition) is 8. The lowest BCUT2D eigenvalue weighted by molar-refractivity contribution is 0.162. The number of nitrogens with one attached hydrogen (secondary N) is 1. The summed E-state index contributed by atoms with van der Waals surface area (Å²) in [4.78, 5) is 9.53. The number of hydrogen-bond donors (Lipinski definition) is 1. The van der Waals surface area contributed by atoms with E-state index in [1.165, 1.54) is 11.1 Å². The second-order valence-electron chi connectivity index (χ2n) is 9.56. The highest BCUT2D eigenvalue weighted by Crippen LogP contribution is 2.46. The number of ether oxygens (including phenoxy) is 2. The van der Waals surface area contributed by atoms with E-state index in [-0.39, 0.29) is 16.6 Å². The lowest BCUT2D eigenvalue weighted by Crippen LogP contribution is -2.16. The van der Waals surface area contributed by atoms with Crippen molar-refractivity contribution in [3.63, 3.8) is 0 Å². The van der Waals surface area contributed by atoms with Crippen LogP contribution in [0.15, 0.2) is 66.0 Å². The number of fused-ring (bicyclic) bond motifs is 3. The molecule has 4 aromatic heterocycles. The van der Waals surface area contributed by atoms with Crippen LogP contribution in [0, 0.1) is 18.8 Å².